The molecule has 4 heteroatoms. The van der Waals surface area contributed by atoms with Gasteiger partial charge >= 0.3 is 25.8 Å². The van der Waals surface area contributed by atoms with E-state index in [1.807, 2.05) is 0 Å². The van der Waals surface area contributed by atoms with Crippen molar-refractivity contribution >= 4 is 34.6 Å². The third-order valence-corrected chi connectivity index (χ3v) is 8.86. The van der Waals surface area contributed by atoms with Crippen LogP contribution >= 0.6 is 7.92 Å². The molecule has 0 fully saturated rings. The van der Waals surface area contributed by atoms with E-state index in [1.165, 1.54) is 43.4 Å². The Labute approximate surface area is 243 Å². The van der Waals surface area contributed by atoms with Gasteiger partial charge in [0.25, 0.3) is 0 Å². The molecule has 0 radical (unpaired) electrons. The Bertz CT molecular complexity index is 1200. The summed E-state index contributed by atoms with van der Waals surface area (Å²) in [6, 6.07) is 35.0. The fourth-order valence-corrected chi connectivity index (χ4v) is 6.64. The summed E-state index contributed by atoms with van der Waals surface area (Å²) in [7, 11) is -0.493. The first-order valence-corrected chi connectivity index (χ1v) is 12.6. The van der Waals surface area contributed by atoms with Gasteiger partial charge in [-0.05, 0) is 18.5 Å². The maximum Gasteiger partial charge on any atom is 4.00 e. The number of fused-ring (bicyclic) bond motifs is 1. The third kappa shape index (κ3) is 7.33. The van der Waals surface area contributed by atoms with Crippen LogP contribution in [-0.4, -0.2) is 0 Å². The van der Waals surface area contributed by atoms with Crippen molar-refractivity contribution < 1.29 is 50.7 Å². The van der Waals surface area contributed by atoms with Crippen molar-refractivity contribution in [2.75, 3.05) is 0 Å². The van der Waals surface area contributed by atoms with Crippen molar-refractivity contribution in [1.82, 2.24) is 0 Å². The molecule has 0 unspecified atom stereocenters. The zero-order valence-electron chi connectivity index (χ0n) is 20.9. The summed E-state index contributed by atoms with van der Waals surface area (Å²) < 4.78 is 0. The second-order valence-electron chi connectivity index (χ2n) is 8.97. The molecule has 0 aliphatic heterocycles. The van der Waals surface area contributed by atoms with Crippen molar-refractivity contribution in [3.63, 3.8) is 0 Å². The number of benzene rings is 3. The van der Waals surface area contributed by atoms with Crippen LogP contribution in [0.5, 0.6) is 0 Å². The molecular formula is C31H31Cl2HfP. The first-order valence-electron chi connectivity index (χ1n) is 11.2. The van der Waals surface area contributed by atoms with Gasteiger partial charge < -0.3 is 24.8 Å². The average Bonchev–Trinajstić information content (AvgIpc) is 3.30. The van der Waals surface area contributed by atoms with Gasteiger partial charge in [0.15, 0.2) is 0 Å². The van der Waals surface area contributed by atoms with Gasteiger partial charge in [0.2, 0.25) is 0 Å². The zero-order chi connectivity index (χ0) is 22.7. The van der Waals surface area contributed by atoms with Crippen molar-refractivity contribution in [2.24, 2.45) is 5.41 Å². The Hall–Kier alpha value is -1.37. The quantitative estimate of drug-likeness (QED) is 0.174. The SMILES string of the molecule is CC1=[C-]C(C)(C)C(C)=C1C.[Cl-].[Cl-].[Hf+4].c1ccc(P(c2ccccc2)c2cc3ccccc3[cH-]2)cc1. The van der Waals surface area contributed by atoms with Crippen LogP contribution in [0.2, 0.25) is 0 Å². The van der Waals surface area contributed by atoms with E-state index in [1.54, 1.807) is 0 Å². The van der Waals surface area contributed by atoms with Gasteiger partial charge in [-0.3, -0.25) is 6.08 Å². The van der Waals surface area contributed by atoms with E-state index >= 15 is 0 Å². The maximum absolute atomic E-state index is 3.44. The predicted molar refractivity (Wildman–Crippen MR) is 143 cm³/mol. The molecule has 0 saturated heterocycles. The van der Waals surface area contributed by atoms with Crippen LogP contribution < -0.4 is 40.7 Å². The van der Waals surface area contributed by atoms with E-state index in [0.29, 0.717) is 0 Å². The van der Waals surface area contributed by atoms with Gasteiger partial charge in [-0.15, -0.1) is 47.3 Å². The minimum Gasteiger partial charge on any atom is -1.00 e. The first kappa shape index (κ1) is 31.7. The Kier molecular flexibility index (Phi) is 12.5. The summed E-state index contributed by atoms with van der Waals surface area (Å²) in [6.45, 7) is 10.9. The number of hydrogen-bond acceptors (Lipinski definition) is 0. The second kappa shape index (κ2) is 13.8. The minimum absolute atomic E-state index is 0. The molecule has 0 aromatic heterocycles. The van der Waals surface area contributed by atoms with Gasteiger partial charge in [0, 0.05) is 0 Å². The van der Waals surface area contributed by atoms with E-state index in [4.69, 9.17) is 0 Å². The topological polar surface area (TPSA) is 0 Å². The Morgan fingerprint density at radius 1 is 0.714 bits per heavy atom. The molecule has 4 aromatic rings. The van der Waals surface area contributed by atoms with Gasteiger partial charge in [-0.2, -0.15) is 17.2 Å². The molecule has 0 nitrogen and oxygen atoms in total. The summed E-state index contributed by atoms with van der Waals surface area (Å²) >= 11 is 0. The summed E-state index contributed by atoms with van der Waals surface area (Å²) in [5, 5.41) is 6.89. The molecule has 0 amide bonds. The predicted octanol–water partition coefficient (Wildman–Crippen LogP) is 1.43. The van der Waals surface area contributed by atoms with Gasteiger partial charge in [-0.25, -0.2) is 5.57 Å². The molecule has 178 valence electrons. The van der Waals surface area contributed by atoms with Crippen LogP contribution in [-0.2, 0) is 25.8 Å². The molecule has 35 heavy (non-hydrogen) atoms. The van der Waals surface area contributed by atoms with Crippen LogP contribution in [0, 0.1) is 11.5 Å². The second-order valence-corrected chi connectivity index (χ2v) is 11.2. The maximum atomic E-state index is 3.44. The van der Waals surface area contributed by atoms with Crippen molar-refractivity contribution in [3.05, 3.63) is 120 Å². The number of rotatable bonds is 3. The van der Waals surface area contributed by atoms with E-state index in [9.17, 15) is 0 Å². The molecule has 4 aromatic carbocycles. The van der Waals surface area contributed by atoms with Crippen molar-refractivity contribution in [3.8, 4) is 0 Å². The fourth-order valence-electron chi connectivity index (χ4n) is 4.27. The molecule has 0 N–H and O–H groups in total. The van der Waals surface area contributed by atoms with Gasteiger partial charge in [0.1, 0.15) is 0 Å². The zero-order valence-corrected chi connectivity index (χ0v) is 26.9. The molecule has 1 aliphatic rings. The molecule has 0 spiro atoms. The smallest absolute Gasteiger partial charge is 1.00 e. The summed E-state index contributed by atoms with van der Waals surface area (Å²) in [5.74, 6) is 0. The van der Waals surface area contributed by atoms with Crippen LogP contribution in [0.15, 0.2) is 114 Å². The molecule has 0 atom stereocenters. The number of halogens is 2. The Balaban J connectivity index is 0.000000407. The normalized spacial score (nSPS) is 13.7. The van der Waals surface area contributed by atoms with E-state index in [0.717, 1.165) is 0 Å². The van der Waals surface area contributed by atoms with E-state index in [-0.39, 0.29) is 56.1 Å². The monoisotopic (exact) mass is 684 g/mol. The molecule has 5 rings (SSSR count). The molecule has 0 bridgehead atoms. The molecule has 0 heterocycles. The van der Waals surface area contributed by atoms with Gasteiger partial charge in [-0.1, -0.05) is 99.8 Å². The van der Waals surface area contributed by atoms with Crippen LogP contribution in [0.3, 0.4) is 0 Å². The molecule has 0 saturated carbocycles. The minimum atomic E-state index is -0.493. The number of hydrogen-bond donors (Lipinski definition) is 0. The third-order valence-electron chi connectivity index (χ3n) is 6.45. The van der Waals surface area contributed by atoms with E-state index < -0.39 is 7.92 Å². The molecule has 1 aliphatic carbocycles. The summed E-state index contributed by atoms with van der Waals surface area (Å²) in [5.41, 5.74) is 4.39. The largest absolute Gasteiger partial charge is 4.00 e. The van der Waals surface area contributed by atoms with Gasteiger partial charge in [0.05, 0.1) is 0 Å². The van der Waals surface area contributed by atoms with Crippen molar-refractivity contribution in [2.45, 2.75) is 34.6 Å². The first-order chi connectivity index (χ1) is 15.4. The fraction of sp³-hybridized carbons (Fsp3) is 0.194. The average molecular weight is 684 g/mol. The Morgan fingerprint density at radius 2 is 1.20 bits per heavy atom. The Morgan fingerprint density at radius 3 is 1.60 bits per heavy atom. The van der Waals surface area contributed by atoms with Crippen LogP contribution in [0.1, 0.15) is 34.6 Å². The standard InChI is InChI=1S/C21H16P.C10H15.2ClH.Hf/c1-3-11-19(12-4-1)22(20-13-5-2-6-14-20)21-15-17-9-7-8-10-18(17)16-21;1-7-6-10(4,5)9(3)8(7)2;;;/h1-16H;1-5H3;2*1H;/q2*-1;;;+4/p-2. The van der Waals surface area contributed by atoms with Crippen LogP contribution in [0.25, 0.3) is 10.8 Å². The number of allylic oxidation sites excluding steroid dienone is 4. The van der Waals surface area contributed by atoms with Crippen LogP contribution in [0.4, 0.5) is 0 Å². The van der Waals surface area contributed by atoms with E-state index in [2.05, 4.69) is 138 Å². The van der Waals surface area contributed by atoms with Crippen molar-refractivity contribution in [1.29, 1.82) is 0 Å². The summed E-state index contributed by atoms with van der Waals surface area (Å²) in [6.07, 6.45) is 3.44. The summed E-state index contributed by atoms with van der Waals surface area (Å²) in [4.78, 5) is 0. The molecular weight excluding hydrogens is 653 g/mol.